The number of nitrogens with two attached hydrogens (primary N) is 4. The van der Waals surface area contributed by atoms with E-state index in [4.69, 9.17) is 47.6 Å². The summed E-state index contributed by atoms with van der Waals surface area (Å²) in [4.78, 5) is 68.1. The number of nitrogens with one attached hydrogen (secondary N) is 1. The number of unbranched alkanes of at least 4 members (excludes halogenated alkanes) is 4. The van der Waals surface area contributed by atoms with Crippen molar-refractivity contribution in [3.8, 4) is 87.3 Å². The number of aromatic nitrogens is 8. The molecule has 0 spiro atoms. The molecule has 0 radical (unpaired) electrons. The second-order valence-electron chi connectivity index (χ2n) is 30.0. The highest BCUT2D eigenvalue weighted by Crippen LogP contribution is 2.49. The number of aliphatic hydroxyl groups excluding tert-OH is 1. The summed E-state index contributed by atoms with van der Waals surface area (Å²) >= 11 is 11.8. The van der Waals surface area contributed by atoms with Crippen molar-refractivity contribution in [3.63, 3.8) is 0 Å². The molecule has 0 aliphatic rings. The Morgan fingerprint density at radius 3 is 1.02 bits per heavy atom. The van der Waals surface area contributed by atoms with E-state index in [1.165, 1.54) is 91.8 Å². The normalized spacial score (nSPS) is 12.0. The van der Waals surface area contributed by atoms with E-state index < -0.39 is 43.2 Å². The van der Waals surface area contributed by atoms with Crippen LogP contribution < -0.4 is 28.3 Å². The van der Waals surface area contributed by atoms with Gasteiger partial charge in [0.25, 0.3) is 5.91 Å². The van der Waals surface area contributed by atoms with Crippen LogP contribution in [-0.4, -0.2) is 148 Å². The number of esters is 1. The minimum absolute atomic E-state index is 0. The molecule has 35 heteroatoms. The van der Waals surface area contributed by atoms with Gasteiger partial charge in [-0.05, 0) is 151 Å². The number of ether oxygens (including phenoxy) is 1. The van der Waals surface area contributed by atoms with Gasteiger partial charge in [0.1, 0.15) is 85.6 Å². The highest BCUT2D eigenvalue weighted by Gasteiger charge is 2.28. The number of thiophene rings is 4. The molecule has 0 saturated heterocycles. The zero-order valence-corrected chi connectivity index (χ0v) is 81.5. The van der Waals surface area contributed by atoms with E-state index in [2.05, 4.69) is 102 Å². The predicted octanol–water partition coefficient (Wildman–Crippen LogP) is 23.8. The SMILES string of the molecule is C.C.C.C.CCCCS(=O)c1sc2nc(-c3nccs3)cc(-c3ccc(CN(C)C)cc3)c2c1N.CCCCS(=O)c1sc2nc(-c3nccs3)cc(-c3ccc(CO)cc3)c2c1N.CCCCS(=O)c1sc2nc(-c3nccs3)cc(-c3ccc(COC(C)=O)cc3)c2c1N.CCCCS(=O)c1sc2nc(-c3nccs3)cc(-c3cccc(C(=O)NCCN(C)C)c3)c2c1N. The average Bonchev–Trinajstić information content (AvgIpc) is 1.64. The van der Waals surface area contributed by atoms with Crippen LogP contribution in [-0.2, 0) is 72.5 Å². The number of nitrogen functional groups attached to an aromatic ring is 4. The lowest BCUT2D eigenvalue weighted by Crippen LogP contribution is -2.31. The number of aliphatic hydroxyl groups is 1. The molecule has 0 saturated carbocycles. The van der Waals surface area contributed by atoms with Crippen molar-refractivity contribution in [3.05, 3.63) is 190 Å². The summed E-state index contributed by atoms with van der Waals surface area (Å²) in [5.74, 6) is 1.96. The molecular formula is C96H115N15O8S12. The van der Waals surface area contributed by atoms with Crippen molar-refractivity contribution in [2.45, 2.75) is 152 Å². The Hall–Kier alpha value is -9.54. The van der Waals surface area contributed by atoms with Crippen LogP contribution in [0.5, 0.6) is 0 Å². The van der Waals surface area contributed by atoms with Crippen molar-refractivity contribution in [1.29, 1.82) is 0 Å². The molecule has 4 aromatic carbocycles. The van der Waals surface area contributed by atoms with Gasteiger partial charge in [0, 0.05) is 123 Å². The first-order valence-corrected chi connectivity index (χ1v) is 53.3. The van der Waals surface area contributed by atoms with Gasteiger partial charge in [-0.1, -0.05) is 168 Å². The number of benzene rings is 4. The highest BCUT2D eigenvalue weighted by molar-refractivity contribution is 7.88. The fourth-order valence-electron chi connectivity index (χ4n) is 13.5. The number of pyridine rings is 4. The van der Waals surface area contributed by atoms with Gasteiger partial charge in [-0.3, -0.25) is 26.4 Å². The average molecular weight is 1990 g/mol. The molecule has 0 fully saturated rings. The smallest absolute Gasteiger partial charge is 0.302 e. The van der Waals surface area contributed by atoms with Gasteiger partial charge in [0.05, 0.1) is 72.6 Å². The van der Waals surface area contributed by atoms with Crippen LogP contribution in [0.3, 0.4) is 0 Å². The molecule has 1 amide bonds. The summed E-state index contributed by atoms with van der Waals surface area (Å²) in [7, 11) is 3.48. The van der Waals surface area contributed by atoms with Crippen LogP contribution in [0.2, 0.25) is 0 Å². The summed E-state index contributed by atoms with van der Waals surface area (Å²) in [6, 6.07) is 39.6. The largest absolute Gasteiger partial charge is 0.461 e. The molecule has 131 heavy (non-hydrogen) atoms. The van der Waals surface area contributed by atoms with E-state index in [1.807, 2.05) is 125 Å². The number of fused-ring (bicyclic) bond motifs is 4. The summed E-state index contributed by atoms with van der Waals surface area (Å²) in [5.41, 5.74) is 42.6. The number of anilines is 4. The molecule has 12 aromatic heterocycles. The third-order valence-corrected chi connectivity index (χ3v) is 35.2. The lowest BCUT2D eigenvalue weighted by atomic mass is 9.99. The van der Waals surface area contributed by atoms with Gasteiger partial charge in [-0.2, -0.15) is 0 Å². The molecule has 0 aliphatic carbocycles. The first-order valence-electron chi connectivity index (χ1n) is 41.2. The first kappa shape index (κ1) is 105. The molecule has 16 rings (SSSR count). The van der Waals surface area contributed by atoms with E-state index in [1.54, 1.807) is 42.2 Å². The zero-order valence-electron chi connectivity index (χ0n) is 71.7. The van der Waals surface area contributed by atoms with Crippen LogP contribution in [0, 0.1) is 0 Å². The summed E-state index contributed by atoms with van der Waals surface area (Å²) in [6.07, 6.45) is 14.6. The third-order valence-electron chi connectivity index (χ3n) is 20.0. The van der Waals surface area contributed by atoms with Gasteiger partial charge >= 0.3 is 5.97 Å². The maximum atomic E-state index is 13.0. The van der Waals surface area contributed by atoms with Gasteiger partial charge < -0.3 is 47.9 Å². The highest BCUT2D eigenvalue weighted by atomic mass is 32.2. The number of amides is 1. The molecular weight excluding hydrogens is 1880 g/mol. The Morgan fingerprint density at radius 1 is 0.420 bits per heavy atom. The van der Waals surface area contributed by atoms with Crippen LogP contribution in [0.4, 0.5) is 22.7 Å². The Balaban J connectivity index is 0.000000195. The number of hydrogen-bond donors (Lipinski definition) is 6. The second-order valence-corrected chi connectivity index (χ2v) is 44.7. The van der Waals surface area contributed by atoms with Gasteiger partial charge in [-0.15, -0.1) is 90.7 Å². The van der Waals surface area contributed by atoms with Crippen molar-refractivity contribution in [2.24, 2.45) is 0 Å². The van der Waals surface area contributed by atoms with E-state index in [9.17, 15) is 31.5 Å². The first-order chi connectivity index (χ1) is 61.4. The Kier molecular flexibility index (Phi) is 40.1. The Morgan fingerprint density at radius 2 is 0.733 bits per heavy atom. The molecule has 4 unspecified atom stereocenters. The number of likely N-dealkylation sites (N-methyl/N-ethyl adjacent to an activating group) is 1. The molecule has 12 heterocycles. The van der Waals surface area contributed by atoms with E-state index in [0.29, 0.717) is 70.5 Å². The van der Waals surface area contributed by atoms with E-state index in [-0.39, 0.29) is 54.8 Å². The number of carbonyl (C=O) groups excluding carboxylic acids is 2. The van der Waals surface area contributed by atoms with Crippen LogP contribution in [0.15, 0.2) is 184 Å². The number of nitrogens with zero attached hydrogens (tertiary/aromatic N) is 10. The minimum atomic E-state index is -1.18. The molecule has 694 valence electrons. The Bertz CT molecular complexity index is 6540. The number of hydrogen-bond acceptors (Lipinski definition) is 30. The maximum absolute atomic E-state index is 13.0. The predicted molar refractivity (Wildman–Crippen MR) is 564 cm³/mol. The van der Waals surface area contributed by atoms with Crippen molar-refractivity contribution in [1.82, 2.24) is 55.0 Å². The van der Waals surface area contributed by atoms with Crippen LogP contribution in [0.1, 0.15) is 143 Å². The standard InChI is InChI=1S/C25H29N5O2S3.C23H26N4OS3.C23H23N3O3S3.C21H21N3O2S3.4CH4/c1-4-5-13-35(32)25-21(26)20-18(15-19(29-24(20)34-25)23-28-10-12-33-23)16-7-6-8-17(14-16)22(31)27-9-11-30(2)3;1-4-5-12-31(28)23-20(24)19-17(16-8-6-15(7-9-16)14-27(2)3)13-18(26-22(19)30-23)21-25-10-11-29-21;1-3-4-11-32(28)23-20(24)19-17(16-7-5-15(6-8-16)13-29-14(2)27)12-18(26-22(19)31-23)21-25-9-10-30-21;1-2-3-10-29(26)21-18(22)17-15(14-6-4-13(12-25)5-7-14)11-16(24-20(17)28-21)19-23-8-9-27-19;;;;/h6-8,10,12,14-15H,4-5,9,11,13,26H2,1-3H3,(H,27,31);6-11,13H,4-5,12,14,24H2,1-3H3;5-10,12H,3-4,11,13,24H2,1-2H3;4-9,11,25H,2-3,10,12,22H2,1H3;4*1H4. The lowest BCUT2D eigenvalue weighted by Gasteiger charge is -2.12. The van der Waals surface area contributed by atoms with Gasteiger partial charge in [0.15, 0.2) is 0 Å². The fourth-order valence-corrected chi connectivity index (χ4v) is 27.1. The summed E-state index contributed by atoms with van der Waals surface area (Å²) in [6.45, 7) is 12.2. The van der Waals surface area contributed by atoms with E-state index in [0.717, 1.165) is 208 Å². The quantitative estimate of drug-likeness (QED) is 0.0208. The molecule has 10 N–H and O–H groups in total. The molecule has 0 aliphatic heterocycles. The molecule has 16 aromatic rings. The Labute approximate surface area is 810 Å². The maximum Gasteiger partial charge on any atom is 0.302 e. The van der Waals surface area contributed by atoms with Crippen molar-refractivity contribution < 1.29 is 36.3 Å². The minimum Gasteiger partial charge on any atom is -0.461 e. The van der Waals surface area contributed by atoms with Crippen LogP contribution >= 0.6 is 90.7 Å². The summed E-state index contributed by atoms with van der Waals surface area (Å²) < 4.78 is 59.5. The van der Waals surface area contributed by atoms with Crippen LogP contribution in [0.25, 0.3) is 128 Å². The number of thiazole rings is 4. The number of rotatable bonds is 33. The zero-order chi connectivity index (χ0) is 90.0. The monoisotopic (exact) mass is 1990 g/mol. The molecule has 23 nitrogen and oxygen atoms in total. The van der Waals surface area contributed by atoms with Crippen molar-refractivity contribution in [2.75, 3.05) is 87.2 Å². The van der Waals surface area contributed by atoms with Crippen molar-refractivity contribution >= 4 is 209 Å². The molecule has 0 bridgehead atoms. The topological polar surface area (TPSA) is 358 Å². The summed E-state index contributed by atoms with van der Waals surface area (Å²) in [5, 5.41) is 26.7. The second kappa shape index (κ2) is 50.0. The van der Waals surface area contributed by atoms with Gasteiger partial charge in [0.2, 0.25) is 0 Å². The fraction of sp³-hybridized carbons (Fsp3) is 0.312. The number of carbonyl (C=O) groups is 2. The third kappa shape index (κ3) is 25.9. The van der Waals surface area contributed by atoms with E-state index >= 15 is 0 Å². The lowest BCUT2D eigenvalue weighted by molar-refractivity contribution is -0.142. The van der Waals surface area contributed by atoms with Gasteiger partial charge in [-0.25, -0.2) is 39.9 Å². The molecule has 4 atom stereocenters.